The zero-order chi connectivity index (χ0) is 23.9. The Morgan fingerprint density at radius 1 is 1.12 bits per heavy atom. The minimum absolute atomic E-state index is 0.202. The summed E-state index contributed by atoms with van der Waals surface area (Å²) in [5.74, 6) is -0.400. The quantitative estimate of drug-likeness (QED) is 0.505. The summed E-state index contributed by atoms with van der Waals surface area (Å²) >= 11 is 6.08. The molecule has 4 rings (SSSR count). The molecule has 176 valence electrons. The van der Waals surface area contributed by atoms with Gasteiger partial charge in [-0.15, -0.1) is 0 Å². The van der Waals surface area contributed by atoms with E-state index >= 15 is 0 Å². The molecule has 0 atom stereocenters. The number of sulfonamides is 1. The van der Waals surface area contributed by atoms with E-state index in [-0.39, 0.29) is 19.8 Å². The number of hydrogen-bond donors (Lipinski definition) is 0. The van der Waals surface area contributed by atoms with Gasteiger partial charge in [-0.2, -0.15) is 9.40 Å². The fraction of sp³-hybridized carbons (Fsp3) is 0.375. The highest BCUT2D eigenvalue weighted by Crippen LogP contribution is 2.31. The Bertz CT molecular complexity index is 1300. The van der Waals surface area contributed by atoms with Gasteiger partial charge in [-0.05, 0) is 49.6 Å². The highest BCUT2D eigenvalue weighted by Gasteiger charge is 2.33. The molecule has 1 aliphatic rings. The highest BCUT2D eigenvalue weighted by molar-refractivity contribution is 7.89. The van der Waals surface area contributed by atoms with Crippen LogP contribution in [0.5, 0.6) is 0 Å². The molecule has 0 aliphatic carbocycles. The third-order valence-electron chi connectivity index (χ3n) is 6.00. The van der Waals surface area contributed by atoms with Crippen molar-refractivity contribution in [3.05, 3.63) is 80.4 Å². The summed E-state index contributed by atoms with van der Waals surface area (Å²) in [6.07, 6.45) is 0.575. The number of ether oxygens (including phenoxy) is 1. The Morgan fingerprint density at radius 3 is 2.48 bits per heavy atom. The maximum absolute atomic E-state index is 13.6. The minimum Gasteiger partial charge on any atom is -0.370 e. The van der Waals surface area contributed by atoms with E-state index in [9.17, 15) is 12.8 Å². The van der Waals surface area contributed by atoms with Crippen molar-refractivity contribution < 1.29 is 17.5 Å². The van der Waals surface area contributed by atoms with Gasteiger partial charge in [-0.1, -0.05) is 35.4 Å². The molecule has 0 saturated heterocycles. The third-order valence-corrected chi connectivity index (χ3v) is 8.51. The molecule has 1 aromatic heterocycles. The monoisotopic (exact) mass is 491 g/mol. The number of fused-ring (bicyclic) bond motifs is 1. The predicted molar refractivity (Wildman–Crippen MR) is 125 cm³/mol. The number of aryl methyl sites for hydroxylation is 4. The normalized spacial score (nSPS) is 14.5. The molecular formula is C24H27ClFN3O3S. The number of nitrogens with zero attached hydrogens (tertiary/aromatic N) is 3. The van der Waals surface area contributed by atoms with Crippen molar-refractivity contribution >= 4 is 21.6 Å². The largest absolute Gasteiger partial charge is 0.370 e. The van der Waals surface area contributed by atoms with E-state index in [4.69, 9.17) is 16.3 Å². The predicted octanol–water partition coefficient (Wildman–Crippen LogP) is 4.60. The van der Waals surface area contributed by atoms with Crippen molar-refractivity contribution in [3.63, 3.8) is 0 Å². The van der Waals surface area contributed by atoms with Gasteiger partial charge in [0.2, 0.25) is 10.0 Å². The molecular weight excluding hydrogens is 465 g/mol. The molecule has 0 spiro atoms. The maximum Gasteiger partial charge on any atom is 0.243 e. The maximum atomic E-state index is 13.6. The van der Waals surface area contributed by atoms with E-state index in [0.29, 0.717) is 34.1 Å². The first-order valence-electron chi connectivity index (χ1n) is 10.7. The Kier molecular flexibility index (Phi) is 6.64. The molecule has 9 heteroatoms. The average Bonchev–Trinajstić information content (AvgIpc) is 3.04. The van der Waals surface area contributed by atoms with Gasteiger partial charge in [-0.3, -0.25) is 4.68 Å². The molecule has 6 nitrogen and oxygen atoms in total. The van der Waals surface area contributed by atoms with E-state index in [1.54, 1.807) is 10.7 Å². The second kappa shape index (κ2) is 9.18. The Balaban J connectivity index is 1.55. The second-order valence-electron chi connectivity index (χ2n) is 8.54. The topological polar surface area (TPSA) is 64.4 Å². The summed E-state index contributed by atoms with van der Waals surface area (Å²) in [7, 11) is -1.80. The summed E-state index contributed by atoms with van der Waals surface area (Å²) in [5.41, 5.74) is 5.81. The molecule has 33 heavy (non-hydrogen) atoms. The minimum atomic E-state index is -3.66. The van der Waals surface area contributed by atoms with Crippen molar-refractivity contribution in [2.45, 2.75) is 51.8 Å². The zero-order valence-corrected chi connectivity index (χ0v) is 20.7. The summed E-state index contributed by atoms with van der Waals surface area (Å²) in [4.78, 5) is 0.379. The van der Waals surface area contributed by atoms with Crippen molar-refractivity contribution in [2.75, 3.05) is 6.54 Å². The molecule has 1 aliphatic heterocycles. The van der Waals surface area contributed by atoms with Gasteiger partial charge in [0.1, 0.15) is 5.82 Å². The lowest BCUT2D eigenvalue weighted by molar-refractivity contribution is 0.103. The first-order chi connectivity index (χ1) is 15.6. The lowest BCUT2D eigenvalue weighted by Gasteiger charge is -2.28. The van der Waals surface area contributed by atoms with Crippen LogP contribution >= 0.6 is 11.6 Å². The summed E-state index contributed by atoms with van der Waals surface area (Å²) < 4.78 is 49.5. The first kappa shape index (κ1) is 23.9. The van der Waals surface area contributed by atoms with E-state index < -0.39 is 15.8 Å². The summed E-state index contributed by atoms with van der Waals surface area (Å²) in [5, 5.41) is 4.88. The molecule has 0 fully saturated rings. The molecule has 2 heterocycles. The molecule has 0 saturated carbocycles. The Labute approximate surface area is 199 Å². The van der Waals surface area contributed by atoms with Crippen molar-refractivity contribution in [2.24, 2.45) is 7.05 Å². The van der Waals surface area contributed by atoms with Crippen LogP contribution in [0.4, 0.5) is 4.39 Å². The van der Waals surface area contributed by atoms with Gasteiger partial charge < -0.3 is 4.74 Å². The lowest BCUT2D eigenvalue weighted by atomic mass is 10.1. The van der Waals surface area contributed by atoms with E-state index in [1.165, 1.54) is 16.4 Å². The van der Waals surface area contributed by atoms with Gasteiger partial charge >= 0.3 is 0 Å². The van der Waals surface area contributed by atoms with Gasteiger partial charge in [0, 0.05) is 42.8 Å². The summed E-state index contributed by atoms with van der Waals surface area (Å²) in [6, 6.07) is 7.98. The van der Waals surface area contributed by atoms with Gasteiger partial charge in [0.25, 0.3) is 0 Å². The number of aromatic nitrogens is 2. The molecule has 0 N–H and O–H groups in total. The third kappa shape index (κ3) is 4.71. The second-order valence-corrected chi connectivity index (χ2v) is 10.8. The fourth-order valence-electron chi connectivity index (χ4n) is 4.57. The van der Waals surface area contributed by atoms with Crippen LogP contribution in [-0.4, -0.2) is 29.0 Å². The van der Waals surface area contributed by atoms with E-state index in [2.05, 4.69) is 5.10 Å². The van der Waals surface area contributed by atoms with Crippen LogP contribution in [0.25, 0.3) is 0 Å². The Hall–Kier alpha value is -2.26. The number of hydrogen-bond acceptors (Lipinski definition) is 4. The van der Waals surface area contributed by atoms with Crippen molar-refractivity contribution in [1.29, 1.82) is 0 Å². The van der Waals surface area contributed by atoms with Crippen LogP contribution in [0.3, 0.4) is 0 Å². The molecule has 0 bridgehead atoms. The fourth-order valence-corrected chi connectivity index (χ4v) is 6.61. The van der Waals surface area contributed by atoms with Crippen LogP contribution in [0.2, 0.25) is 5.02 Å². The van der Waals surface area contributed by atoms with E-state index in [0.717, 1.165) is 27.9 Å². The molecule has 0 radical (unpaired) electrons. The van der Waals surface area contributed by atoms with Gasteiger partial charge in [-0.25, -0.2) is 12.8 Å². The average molecular weight is 492 g/mol. The van der Waals surface area contributed by atoms with Gasteiger partial charge in [0.15, 0.2) is 0 Å². The van der Waals surface area contributed by atoms with Crippen LogP contribution in [0, 0.1) is 26.6 Å². The number of halogens is 2. The molecule has 0 unspecified atom stereocenters. The van der Waals surface area contributed by atoms with Crippen LogP contribution in [0.1, 0.15) is 39.2 Å². The van der Waals surface area contributed by atoms with Crippen molar-refractivity contribution in [3.8, 4) is 0 Å². The summed E-state index contributed by atoms with van der Waals surface area (Å²) in [6.45, 7) is 6.69. The van der Waals surface area contributed by atoms with Crippen LogP contribution in [-0.2, 0) is 48.0 Å². The van der Waals surface area contributed by atoms with Crippen molar-refractivity contribution in [1.82, 2.24) is 14.1 Å². The number of benzene rings is 2. The number of rotatable bonds is 6. The Morgan fingerprint density at radius 2 is 1.82 bits per heavy atom. The smallest absolute Gasteiger partial charge is 0.243 e. The highest BCUT2D eigenvalue weighted by atomic mass is 35.5. The molecule has 3 aromatic rings. The molecule has 2 aromatic carbocycles. The van der Waals surface area contributed by atoms with Crippen LogP contribution in [0.15, 0.2) is 35.2 Å². The van der Waals surface area contributed by atoms with E-state index in [1.807, 2.05) is 40.0 Å². The van der Waals surface area contributed by atoms with Crippen LogP contribution < -0.4 is 0 Å². The SMILES string of the molecule is Cc1cc(C)c(S(=O)(=O)N2CCc3c(c(COCc4ccc(F)cc4Cl)nn3C)C2)c(C)c1. The molecule has 0 amide bonds. The lowest BCUT2D eigenvalue weighted by Crippen LogP contribution is -2.37. The standard InChI is InChI=1S/C24H27ClFN3O3S/c1-15-9-16(2)24(17(3)10-15)33(30,31)29-8-7-23-20(12-29)22(27-28(23)4)14-32-13-18-5-6-19(26)11-21(18)25/h5-6,9-11H,7-8,12-14H2,1-4H3. The first-order valence-corrected chi connectivity index (χ1v) is 12.5. The van der Waals surface area contributed by atoms with Gasteiger partial charge in [0.05, 0.1) is 23.8 Å². The zero-order valence-electron chi connectivity index (χ0n) is 19.2.